The number of pyridine rings is 2. The van der Waals surface area contributed by atoms with Gasteiger partial charge in [0.1, 0.15) is 23.8 Å². The van der Waals surface area contributed by atoms with Crippen molar-refractivity contribution in [2.24, 2.45) is 0 Å². The lowest BCUT2D eigenvalue weighted by Gasteiger charge is -2.09. The van der Waals surface area contributed by atoms with Gasteiger partial charge in [-0.05, 0) is 54.6 Å². The van der Waals surface area contributed by atoms with Crippen LogP contribution in [0.2, 0.25) is 0 Å². The van der Waals surface area contributed by atoms with Crippen LogP contribution in [0.25, 0.3) is 5.52 Å². The molecule has 0 aliphatic heterocycles. The summed E-state index contributed by atoms with van der Waals surface area (Å²) in [5, 5.41) is 9.29. The number of aromatic nitrogens is 4. The molecule has 5 rings (SSSR count). The highest BCUT2D eigenvalue weighted by molar-refractivity contribution is 6.05. The molecule has 1 aromatic carbocycles. The van der Waals surface area contributed by atoms with Gasteiger partial charge in [-0.25, -0.2) is 15.0 Å². The van der Waals surface area contributed by atoms with E-state index in [1.807, 2.05) is 83.5 Å². The minimum Gasteiger partial charge on any atom is -0.340 e. The van der Waals surface area contributed by atoms with Crippen LogP contribution in [0.1, 0.15) is 10.4 Å². The van der Waals surface area contributed by atoms with Crippen LogP contribution in [0.4, 0.5) is 28.8 Å². The third-order valence-electron chi connectivity index (χ3n) is 4.77. The molecule has 0 unspecified atom stereocenters. The first-order valence-electron chi connectivity index (χ1n) is 9.98. The van der Waals surface area contributed by atoms with Gasteiger partial charge in [0.25, 0.3) is 5.91 Å². The average Bonchev–Trinajstić information content (AvgIpc) is 3.26. The first-order chi connectivity index (χ1) is 15.7. The summed E-state index contributed by atoms with van der Waals surface area (Å²) < 4.78 is 1.92. The van der Waals surface area contributed by atoms with Crippen LogP contribution in [0, 0.1) is 0 Å². The van der Waals surface area contributed by atoms with Gasteiger partial charge in [-0.15, -0.1) is 0 Å². The van der Waals surface area contributed by atoms with Crippen molar-refractivity contribution in [1.82, 2.24) is 19.4 Å². The Hall–Kier alpha value is -4.72. The normalized spacial score (nSPS) is 10.6. The number of nitrogens with zero attached hydrogens (tertiary/aromatic N) is 4. The molecular weight excluding hydrogens is 402 g/mol. The molecule has 0 saturated heterocycles. The van der Waals surface area contributed by atoms with Crippen LogP contribution >= 0.6 is 0 Å². The third-order valence-corrected chi connectivity index (χ3v) is 4.77. The smallest absolute Gasteiger partial charge is 0.257 e. The standard InChI is InChI=1S/C24H19N7O/c32-24(17-13-20-5-2-4-12-31(20)15-17)29-19-9-7-18(8-10-19)28-22-14-23(27-16-26-22)30-21-6-1-3-11-25-21/h1-16H,(H,29,32)(H2,25,26,27,28,30). The highest BCUT2D eigenvalue weighted by Crippen LogP contribution is 2.21. The number of carbonyl (C=O) groups excluding carboxylic acids is 1. The zero-order valence-electron chi connectivity index (χ0n) is 16.9. The minimum atomic E-state index is -0.157. The Morgan fingerprint density at radius 1 is 0.750 bits per heavy atom. The number of carbonyl (C=O) groups is 1. The monoisotopic (exact) mass is 421 g/mol. The predicted molar refractivity (Wildman–Crippen MR) is 125 cm³/mol. The molecule has 0 atom stereocenters. The van der Waals surface area contributed by atoms with E-state index in [0.717, 1.165) is 11.2 Å². The predicted octanol–water partition coefficient (Wildman–Crippen LogP) is 4.86. The lowest BCUT2D eigenvalue weighted by Crippen LogP contribution is -2.10. The highest BCUT2D eigenvalue weighted by Gasteiger charge is 2.09. The van der Waals surface area contributed by atoms with E-state index in [0.29, 0.717) is 28.7 Å². The Bertz CT molecular complexity index is 1330. The van der Waals surface area contributed by atoms with Crippen molar-refractivity contribution in [1.29, 1.82) is 0 Å². The van der Waals surface area contributed by atoms with Gasteiger partial charge in [0.05, 0.1) is 5.56 Å². The summed E-state index contributed by atoms with van der Waals surface area (Å²) in [6.07, 6.45) is 6.91. The molecule has 4 heterocycles. The van der Waals surface area contributed by atoms with Gasteiger partial charge in [0.15, 0.2) is 0 Å². The number of anilines is 5. The summed E-state index contributed by atoms with van der Waals surface area (Å²) in [6.45, 7) is 0. The van der Waals surface area contributed by atoms with Crippen molar-refractivity contribution < 1.29 is 4.79 Å². The molecule has 0 aliphatic carbocycles. The topological polar surface area (TPSA) is 96.2 Å². The first-order valence-corrected chi connectivity index (χ1v) is 9.98. The molecule has 5 aromatic rings. The Morgan fingerprint density at radius 3 is 2.31 bits per heavy atom. The Morgan fingerprint density at radius 2 is 1.53 bits per heavy atom. The molecule has 8 heteroatoms. The fraction of sp³-hybridized carbons (Fsp3) is 0. The van der Waals surface area contributed by atoms with Crippen molar-refractivity contribution in [3.05, 3.63) is 103 Å². The van der Waals surface area contributed by atoms with E-state index < -0.39 is 0 Å². The number of nitrogens with one attached hydrogen (secondary N) is 3. The fourth-order valence-corrected chi connectivity index (χ4v) is 3.23. The van der Waals surface area contributed by atoms with Gasteiger partial charge >= 0.3 is 0 Å². The Kier molecular flexibility index (Phi) is 5.15. The van der Waals surface area contributed by atoms with Crippen LogP contribution in [0.3, 0.4) is 0 Å². The van der Waals surface area contributed by atoms with E-state index >= 15 is 0 Å². The maximum Gasteiger partial charge on any atom is 0.257 e. The second-order valence-electron chi connectivity index (χ2n) is 7.05. The van der Waals surface area contributed by atoms with Gasteiger partial charge in [-0.3, -0.25) is 4.79 Å². The summed E-state index contributed by atoms with van der Waals surface area (Å²) in [7, 11) is 0. The highest BCUT2D eigenvalue weighted by atomic mass is 16.1. The van der Waals surface area contributed by atoms with Gasteiger partial charge < -0.3 is 20.4 Å². The summed E-state index contributed by atoms with van der Waals surface area (Å²) in [6, 6.07) is 22.5. The number of fused-ring (bicyclic) bond motifs is 1. The quantitative estimate of drug-likeness (QED) is 0.362. The Labute approximate surface area is 184 Å². The van der Waals surface area contributed by atoms with Crippen molar-refractivity contribution in [2.75, 3.05) is 16.0 Å². The summed E-state index contributed by atoms with van der Waals surface area (Å²) in [5.41, 5.74) is 3.11. The molecule has 3 N–H and O–H groups in total. The molecular formula is C24H19N7O. The molecule has 8 nitrogen and oxygen atoms in total. The van der Waals surface area contributed by atoms with Crippen LogP contribution in [-0.4, -0.2) is 25.3 Å². The van der Waals surface area contributed by atoms with Gasteiger partial charge in [-0.2, -0.15) is 0 Å². The van der Waals surface area contributed by atoms with Crippen molar-refractivity contribution in [3.63, 3.8) is 0 Å². The zero-order chi connectivity index (χ0) is 21.8. The zero-order valence-corrected chi connectivity index (χ0v) is 16.9. The Balaban J connectivity index is 1.24. The molecule has 0 fully saturated rings. The number of amides is 1. The van der Waals surface area contributed by atoms with E-state index in [2.05, 4.69) is 30.9 Å². The molecule has 32 heavy (non-hydrogen) atoms. The van der Waals surface area contributed by atoms with Crippen LogP contribution in [0.5, 0.6) is 0 Å². The molecule has 1 amide bonds. The van der Waals surface area contributed by atoms with Crippen LogP contribution in [0.15, 0.2) is 97.7 Å². The summed E-state index contributed by atoms with van der Waals surface area (Å²) >= 11 is 0. The lowest BCUT2D eigenvalue weighted by atomic mass is 10.2. The van der Waals surface area contributed by atoms with E-state index in [9.17, 15) is 4.79 Å². The minimum absolute atomic E-state index is 0.157. The second-order valence-corrected chi connectivity index (χ2v) is 7.05. The number of hydrogen-bond acceptors (Lipinski definition) is 6. The largest absolute Gasteiger partial charge is 0.340 e. The van der Waals surface area contributed by atoms with Crippen LogP contribution in [-0.2, 0) is 0 Å². The van der Waals surface area contributed by atoms with Gasteiger partial charge in [0.2, 0.25) is 0 Å². The van der Waals surface area contributed by atoms with Gasteiger partial charge in [0, 0.05) is 41.5 Å². The van der Waals surface area contributed by atoms with E-state index in [4.69, 9.17) is 0 Å². The fourth-order valence-electron chi connectivity index (χ4n) is 3.23. The van der Waals surface area contributed by atoms with Crippen molar-refractivity contribution >= 4 is 40.3 Å². The lowest BCUT2D eigenvalue weighted by molar-refractivity contribution is 0.102. The molecule has 4 aromatic heterocycles. The van der Waals surface area contributed by atoms with E-state index in [-0.39, 0.29) is 5.91 Å². The maximum absolute atomic E-state index is 12.6. The molecule has 156 valence electrons. The molecule has 0 saturated carbocycles. The molecule has 0 aliphatic rings. The summed E-state index contributed by atoms with van der Waals surface area (Å²) in [5.74, 6) is 1.81. The first kappa shape index (κ1) is 19.3. The maximum atomic E-state index is 12.6. The number of rotatable bonds is 6. The second kappa shape index (κ2) is 8.57. The van der Waals surface area contributed by atoms with E-state index in [1.165, 1.54) is 6.33 Å². The van der Waals surface area contributed by atoms with Crippen molar-refractivity contribution in [2.45, 2.75) is 0 Å². The number of benzene rings is 1. The van der Waals surface area contributed by atoms with Crippen LogP contribution < -0.4 is 16.0 Å². The molecule has 0 radical (unpaired) electrons. The third kappa shape index (κ3) is 4.39. The van der Waals surface area contributed by atoms with Crippen molar-refractivity contribution in [3.8, 4) is 0 Å². The summed E-state index contributed by atoms with van der Waals surface area (Å²) in [4.78, 5) is 25.3. The SMILES string of the molecule is O=C(Nc1ccc(Nc2cc(Nc3ccccn3)ncn2)cc1)c1cc2ccccn2c1. The molecule has 0 spiro atoms. The number of hydrogen-bond donors (Lipinski definition) is 3. The molecule has 0 bridgehead atoms. The van der Waals surface area contributed by atoms with Gasteiger partial charge in [-0.1, -0.05) is 12.1 Å². The van der Waals surface area contributed by atoms with E-state index in [1.54, 1.807) is 12.3 Å². The average molecular weight is 421 g/mol.